The zero-order chi connectivity index (χ0) is 14.4. The Morgan fingerprint density at radius 2 is 2.16 bits per heavy atom. The van der Waals surface area contributed by atoms with Gasteiger partial charge in [-0.3, -0.25) is 4.79 Å². The molecule has 0 spiro atoms. The highest BCUT2D eigenvalue weighted by molar-refractivity contribution is 9.10. The van der Waals surface area contributed by atoms with E-state index in [4.69, 9.17) is 4.74 Å². The van der Waals surface area contributed by atoms with Crippen molar-refractivity contribution >= 4 is 27.4 Å². The molecule has 1 aromatic carbocycles. The van der Waals surface area contributed by atoms with Gasteiger partial charge in [0, 0.05) is 35.4 Å². The van der Waals surface area contributed by atoms with Gasteiger partial charge in [-0.1, -0.05) is 6.92 Å². The first-order chi connectivity index (χ1) is 9.01. The van der Waals surface area contributed by atoms with Crippen LogP contribution in [0.4, 0.5) is 5.69 Å². The van der Waals surface area contributed by atoms with Gasteiger partial charge in [-0.25, -0.2) is 0 Å². The fraction of sp³-hybridized carbons (Fsp3) is 0.533. The SMILES string of the molecule is CCC(C)N(CCOC)c1ccc(C(C)=O)c(Br)c1. The molecule has 0 aromatic heterocycles. The quantitative estimate of drug-likeness (QED) is 0.711. The molecule has 0 fully saturated rings. The van der Waals surface area contributed by atoms with Crippen molar-refractivity contribution in [2.45, 2.75) is 33.2 Å². The molecule has 1 unspecified atom stereocenters. The molecule has 0 N–H and O–H groups in total. The molecule has 0 aliphatic rings. The maximum absolute atomic E-state index is 11.4. The summed E-state index contributed by atoms with van der Waals surface area (Å²) in [6.07, 6.45) is 1.07. The summed E-state index contributed by atoms with van der Waals surface area (Å²) < 4.78 is 6.02. The van der Waals surface area contributed by atoms with Gasteiger partial charge in [0.2, 0.25) is 0 Å². The molecule has 19 heavy (non-hydrogen) atoms. The molecule has 4 heteroatoms. The van der Waals surface area contributed by atoms with Gasteiger partial charge in [0.25, 0.3) is 0 Å². The number of hydrogen-bond acceptors (Lipinski definition) is 3. The van der Waals surface area contributed by atoms with Gasteiger partial charge in [0.15, 0.2) is 5.78 Å². The van der Waals surface area contributed by atoms with Crippen molar-refractivity contribution < 1.29 is 9.53 Å². The summed E-state index contributed by atoms with van der Waals surface area (Å²) in [7, 11) is 1.71. The average molecular weight is 328 g/mol. The van der Waals surface area contributed by atoms with Gasteiger partial charge in [0.05, 0.1) is 6.61 Å². The lowest BCUT2D eigenvalue weighted by Crippen LogP contribution is -2.35. The molecular weight excluding hydrogens is 306 g/mol. The summed E-state index contributed by atoms with van der Waals surface area (Å²) in [4.78, 5) is 13.7. The van der Waals surface area contributed by atoms with Crippen molar-refractivity contribution in [3.63, 3.8) is 0 Å². The van der Waals surface area contributed by atoms with Crippen LogP contribution in [-0.4, -0.2) is 32.1 Å². The minimum atomic E-state index is 0.0745. The second-order valence-electron chi connectivity index (χ2n) is 4.66. The molecule has 0 saturated carbocycles. The fourth-order valence-corrected chi connectivity index (χ4v) is 2.63. The Balaban J connectivity index is 3.02. The van der Waals surface area contributed by atoms with E-state index >= 15 is 0 Å². The van der Waals surface area contributed by atoms with Crippen molar-refractivity contribution in [2.24, 2.45) is 0 Å². The number of benzene rings is 1. The summed E-state index contributed by atoms with van der Waals surface area (Å²) in [6.45, 7) is 7.48. The van der Waals surface area contributed by atoms with Crippen LogP contribution in [0.5, 0.6) is 0 Å². The molecule has 0 saturated heterocycles. The summed E-state index contributed by atoms with van der Waals surface area (Å²) in [5.41, 5.74) is 1.84. The summed E-state index contributed by atoms with van der Waals surface area (Å²) in [5.74, 6) is 0.0745. The maximum atomic E-state index is 11.4. The lowest BCUT2D eigenvalue weighted by atomic mass is 10.1. The molecular formula is C15H22BrNO2. The Hall–Kier alpha value is -0.870. The molecule has 1 atom stereocenters. The summed E-state index contributed by atoms with van der Waals surface area (Å²) in [5, 5.41) is 0. The van der Waals surface area contributed by atoms with E-state index in [1.54, 1.807) is 14.0 Å². The van der Waals surface area contributed by atoms with E-state index in [0.29, 0.717) is 12.6 Å². The van der Waals surface area contributed by atoms with Crippen LogP contribution in [0.1, 0.15) is 37.6 Å². The molecule has 106 valence electrons. The second kappa shape index (κ2) is 7.65. The molecule has 0 bridgehead atoms. The van der Waals surface area contributed by atoms with Gasteiger partial charge >= 0.3 is 0 Å². The number of carbonyl (C=O) groups excluding carboxylic acids is 1. The van der Waals surface area contributed by atoms with Crippen LogP contribution in [0.15, 0.2) is 22.7 Å². The normalized spacial score (nSPS) is 12.3. The number of nitrogens with zero attached hydrogens (tertiary/aromatic N) is 1. The zero-order valence-electron chi connectivity index (χ0n) is 12.1. The van der Waals surface area contributed by atoms with Crippen LogP contribution >= 0.6 is 15.9 Å². The van der Waals surface area contributed by atoms with Gasteiger partial charge in [-0.2, -0.15) is 0 Å². The first-order valence-electron chi connectivity index (χ1n) is 6.57. The highest BCUT2D eigenvalue weighted by atomic mass is 79.9. The summed E-state index contributed by atoms with van der Waals surface area (Å²) in [6, 6.07) is 6.33. The van der Waals surface area contributed by atoms with E-state index in [1.807, 2.05) is 18.2 Å². The maximum Gasteiger partial charge on any atom is 0.160 e. The topological polar surface area (TPSA) is 29.5 Å². The van der Waals surface area contributed by atoms with Crippen molar-refractivity contribution in [3.05, 3.63) is 28.2 Å². The van der Waals surface area contributed by atoms with Crippen molar-refractivity contribution in [3.8, 4) is 0 Å². The highest BCUT2D eigenvalue weighted by Gasteiger charge is 2.15. The van der Waals surface area contributed by atoms with E-state index in [1.165, 1.54) is 0 Å². The number of halogens is 1. The molecule has 1 rings (SSSR count). The lowest BCUT2D eigenvalue weighted by molar-refractivity contribution is 0.101. The van der Waals surface area contributed by atoms with Gasteiger partial charge in [-0.05, 0) is 54.4 Å². The van der Waals surface area contributed by atoms with Crippen LogP contribution in [0.3, 0.4) is 0 Å². The van der Waals surface area contributed by atoms with Crippen LogP contribution < -0.4 is 4.90 Å². The first-order valence-corrected chi connectivity index (χ1v) is 7.36. The molecule has 0 amide bonds. The number of rotatable bonds is 7. The van der Waals surface area contributed by atoms with E-state index in [9.17, 15) is 4.79 Å². The Morgan fingerprint density at radius 3 is 2.63 bits per heavy atom. The number of ether oxygens (including phenoxy) is 1. The van der Waals surface area contributed by atoms with Crippen LogP contribution in [0.2, 0.25) is 0 Å². The fourth-order valence-electron chi connectivity index (χ4n) is 1.98. The molecule has 0 aliphatic heterocycles. The van der Waals surface area contributed by atoms with E-state index < -0.39 is 0 Å². The Labute approximate surface area is 124 Å². The average Bonchev–Trinajstić information content (AvgIpc) is 2.38. The smallest absolute Gasteiger partial charge is 0.160 e. The molecule has 1 aromatic rings. The number of hydrogen-bond donors (Lipinski definition) is 0. The Bertz CT molecular complexity index is 434. The van der Waals surface area contributed by atoms with Crippen molar-refractivity contribution in [2.75, 3.05) is 25.2 Å². The van der Waals surface area contributed by atoms with E-state index in [0.717, 1.165) is 28.7 Å². The van der Waals surface area contributed by atoms with E-state index in [-0.39, 0.29) is 5.78 Å². The minimum absolute atomic E-state index is 0.0745. The number of ketones is 1. The second-order valence-corrected chi connectivity index (χ2v) is 5.52. The van der Waals surface area contributed by atoms with Crippen molar-refractivity contribution in [1.29, 1.82) is 0 Å². The minimum Gasteiger partial charge on any atom is -0.383 e. The van der Waals surface area contributed by atoms with Gasteiger partial charge in [0.1, 0.15) is 0 Å². The molecule has 0 aliphatic carbocycles. The Morgan fingerprint density at radius 1 is 1.47 bits per heavy atom. The number of anilines is 1. The predicted octanol–water partition coefficient (Wildman–Crippen LogP) is 3.90. The largest absolute Gasteiger partial charge is 0.383 e. The summed E-state index contributed by atoms with van der Waals surface area (Å²) >= 11 is 3.48. The van der Waals surface area contributed by atoms with Gasteiger partial charge < -0.3 is 9.64 Å². The van der Waals surface area contributed by atoms with Crippen molar-refractivity contribution in [1.82, 2.24) is 0 Å². The number of carbonyl (C=O) groups is 1. The van der Waals surface area contributed by atoms with Gasteiger partial charge in [-0.15, -0.1) is 0 Å². The molecule has 3 nitrogen and oxygen atoms in total. The third-order valence-corrected chi connectivity index (χ3v) is 3.98. The van der Waals surface area contributed by atoms with E-state index in [2.05, 4.69) is 34.7 Å². The predicted molar refractivity (Wildman–Crippen MR) is 83.1 cm³/mol. The highest BCUT2D eigenvalue weighted by Crippen LogP contribution is 2.26. The Kier molecular flexibility index (Phi) is 6.52. The number of methoxy groups -OCH3 is 1. The first kappa shape index (κ1) is 16.2. The van der Waals surface area contributed by atoms with Crippen LogP contribution in [-0.2, 0) is 4.74 Å². The van der Waals surface area contributed by atoms with Crippen LogP contribution in [0, 0.1) is 0 Å². The standard InChI is InChI=1S/C15H22BrNO2/c1-5-11(2)17(8-9-19-4)13-6-7-14(12(3)18)15(16)10-13/h6-7,10-11H,5,8-9H2,1-4H3. The molecule has 0 radical (unpaired) electrons. The lowest BCUT2D eigenvalue weighted by Gasteiger charge is -2.31. The number of Topliss-reactive ketones (excluding diaryl/α,β-unsaturated/α-hetero) is 1. The molecule has 0 heterocycles. The van der Waals surface area contributed by atoms with Crippen LogP contribution in [0.25, 0.3) is 0 Å². The monoisotopic (exact) mass is 327 g/mol. The third-order valence-electron chi connectivity index (χ3n) is 3.32. The zero-order valence-corrected chi connectivity index (χ0v) is 13.7. The third kappa shape index (κ3) is 4.32.